The maximum Gasteiger partial charge on any atom is 0.337 e. The zero-order chi connectivity index (χ0) is 19.8. The fraction of sp³-hybridized carbons (Fsp3) is 0.867. The number of nitrogens with one attached hydrogen (secondary N) is 1. The normalized spacial score (nSPS) is 14.3. The van der Waals surface area contributed by atoms with E-state index in [2.05, 4.69) is 5.32 Å². The van der Waals surface area contributed by atoms with Gasteiger partial charge in [0.2, 0.25) is 5.91 Å². The first-order valence-corrected chi connectivity index (χ1v) is 9.53. The highest BCUT2D eigenvalue weighted by atomic mass is 35.5. The van der Waals surface area contributed by atoms with E-state index >= 15 is 0 Å². The summed E-state index contributed by atoms with van der Waals surface area (Å²) < 4.78 is 33.7. The number of rotatable bonds is 11. The Morgan fingerprint density at radius 1 is 1.27 bits per heavy atom. The third-order valence-electron chi connectivity index (χ3n) is 3.53. The van der Waals surface area contributed by atoms with E-state index in [0.717, 1.165) is 0 Å². The van der Waals surface area contributed by atoms with Crippen LogP contribution < -0.4 is 5.32 Å². The molecule has 1 unspecified atom stereocenters. The summed E-state index contributed by atoms with van der Waals surface area (Å²) in [5, 5.41) is 12.6. The minimum absolute atomic E-state index is 0. The maximum absolute atomic E-state index is 12.0. The highest BCUT2D eigenvalue weighted by Gasteiger charge is 2.37. The second kappa shape index (κ2) is 11.7. The Morgan fingerprint density at radius 3 is 2.27 bits per heavy atom. The molecule has 0 spiro atoms. The van der Waals surface area contributed by atoms with Crippen LogP contribution in [0.3, 0.4) is 0 Å². The predicted octanol–water partition coefficient (Wildman–Crippen LogP) is 0.119. The van der Waals surface area contributed by atoms with Crippen LogP contribution in [0.4, 0.5) is 0 Å². The number of halogens is 1. The molecule has 2 N–H and O–H groups in total. The molecule has 0 bridgehead atoms. The number of amides is 1. The number of hydrogen-bond acceptors (Lipinski definition) is 8. The second-order valence-electron chi connectivity index (χ2n) is 6.75. The van der Waals surface area contributed by atoms with E-state index in [9.17, 15) is 23.1 Å². The first kappa shape index (κ1) is 27.3. The topological polar surface area (TPSA) is 122 Å². The summed E-state index contributed by atoms with van der Waals surface area (Å²) in [6.45, 7) is 5.84. The van der Waals surface area contributed by atoms with Crippen molar-refractivity contribution in [3.05, 3.63) is 0 Å². The summed E-state index contributed by atoms with van der Waals surface area (Å²) in [6.07, 6.45) is -1.87. The van der Waals surface area contributed by atoms with Crippen LogP contribution in [0.5, 0.6) is 0 Å². The van der Waals surface area contributed by atoms with Crippen LogP contribution in [0.1, 0.15) is 34.1 Å². The fourth-order valence-electron chi connectivity index (χ4n) is 1.55. The van der Waals surface area contributed by atoms with Crippen molar-refractivity contribution in [3.8, 4) is 0 Å². The average molecular weight is 419 g/mol. The molecule has 9 nitrogen and oxygen atoms in total. The van der Waals surface area contributed by atoms with Crippen molar-refractivity contribution >= 4 is 34.4 Å². The van der Waals surface area contributed by atoms with Gasteiger partial charge >= 0.3 is 5.97 Å². The van der Waals surface area contributed by atoms with Gasteiger partial charge in [0.25, 0.3) is 10.1 Å². The Morgan fingerprint density at radius 2 is 1.81 bits per heavy atom. The van der Waals surface area contributed by atoms with Gasteiger partial charge in [0.1, 0.15) is 0 Å². The molecule has 0 aromatic heterocycles. The Labute approximate surface area is 161 Å². The minimum Gasteiger partial charge on any atom is -0.445 e. The molecule has 0 saturated heterocycles. The largest absolute Gasteiger partial charge is 0.445 e. The Kier molecular flexibility index (Phi) is 12.3. The Hall–Kier alpha value is -0.940. The second-order valence-corrected chi connectivity index (χ2v) is 8.51. The van der Waals surface area contributed by atoms with E-state index < -0.39 is 33.8 Å². The molecule has 26 heavy (non-hydrogen) atoms. The van der Waals surface area contributed by atoms with E-state index in [-0.39, 0.29) is 43.6 Å². The minimum atomic E-state index is -3.83. The van der Waals surface area contributed by atoms with E-state index in [0.29, 0.717) is 0 Å². The Bertz CT molecular complexity index is 552. The van der Waals surface area contributed by atoms with Gasteiger partial charge in [-0.25, -0.2) is 4.79 Å². The van der Waals surface area contributed by atoms with Crippen LogP contribution in [0.25, 0.3) is 0 Å². The van der Waals surface area contributed by atoms with E-state index in [1.807, 2.05) is 0 Å². The van der Waals surface area contributed by atoms with Crippen molar-refractivity contribution in [1.82, 2.24) is 10.2 Å². The number of aliphatic hydroxyl groups excluding tert-OH is 1. The van der Waals surface area contributed by atoms with E-state index in [4.69, 9.17) is 8.92 Å². The van der Waals surface area contributed by atoms with Gasteiger partial charge in [-0.2, -0.15) is 8.42 Å². The maximum atomic E-state index is 12.0. The van der Waals surface area contributed by atoms with Crippen LogP contribution in [-0.4, -0.2) is 75.6 Å². The molecule has 0 aliphatic heterocycles. The summed E-state index contributed by atoms with van der Waals surface area (Å²) in [5.41, 5.74) is -1.16. The quantitative estimate of drug-likeness (QED) is 0.210. The van der Waals surface area contributed by atoms with Crippen LogP contribution in [0, 0.1) is 5.41 Å². The summed E-state index contributed by atoms with van der Waals surface area (Å²) in [4.78, 5) is 24.3. The van der Waals surface area contributed by atoms with Gasteiger partial charge in [0, 0.05) is 18.9 Å². The molecular formula is C15H31ClN2O7S. The molecule has 0 aliphatic rings. The van der Waals surface area contributed by atoms with Crippen molar-refractivity contribution < 1.29 is 32.0 Å². The smallest absolute Gasteiger partial charge is 0.337 e. The summed E-state index contributed by atoms with van der Waals surface area (Å²) in [6, 6.07) is 0. The molecule has 0 fully saturated rings. The number of nitrogens with zero attached hydrogens (tertiary/aromatic N) is 1. The zero-order valence-electron chi connectivity index (χ0n) is 16.1. The van der Waals surface area contributed by atoms with Gasteiger partial charge in [-0.05, 0) is 27.4 Å². The highest BCUT2D eigenvalue weighted by molar-refractivity contribution is 7.86. The van der Waals surface area contributed by atoms with Crippen LogP contribution >= 0.6 is 12.4 Å². The molecule has 0 heterocycles. The van der Waals surface area contributed by atoms with E-state index in [1.54, 1.807) is 25.9 Å². The molecule has 0 aliphatic carbocycles. The molecule has 156 valence electrons. The van der Waals surface area contributed by atoms with E-state index in [1.165, 1.54) is 20.8 Å². The number of aliphatic hydroxyl groups is 1. The van der Waals surface area contributed by atoms with Crippen molar-refractivity contribution in [1.29, 1.82) is 0 Å². The number of esters is 1. The summed E-state index contributed by atoms with van der Waals surface area (Å²) in [5.74, 6) is -1.37. The molecule has 0 radical (unpaired) electrons. The van der Waals surface area contributed by atoms with Gasteiger partial charge in [-0.3, -0.25) is 13.9 Å². The third kappa shape index (κ3) is 10.9. The third-order valence-corrected chi connectivity index (χ3v) is 4.80. The van der Waals surface area contributed by atoms with Gasteiger partial charge in [-0.15, -0.1) is 12.4 Å². The first-order chi connectivity index (χ1) is 11.3. The zero-order valence-corrected chi connectivity index (χ0v) is 17.8. The molecule has 11 heteroatoms. The fourth-order valence-corrected chi connectivity index (χ4v) is 2.65. The standard InChI is InChI=1S/C15H30N2O7S.ClH/c1-11(18)16-8-7-9-25(21,22)23-10-15(3,4)13(19)14(20)24-12(2)17(5)6;/h12-13,19H,7-10H2,1-6H3,(H,16,18);1H/t12?,13-;/m0./s1. The summed E-state index contributed by atoms with van der Waals surface area (Å²) in [7, 11) is -0.402. The number of carbonyl (C=O) groups is 2. The number of hydrogen-bond donors (Lipinski definition) is 2. The van der Waals surface area contributed by atoms with Crippen molar-refractivity contribution in [3.63, 3.8) is 0 Å². The lowest BCUT2D eigenvalue weighted by Crippen LogP contribution is -2.44. The van der Waals surface area contributed by atoms with Gasteiger partial charge in [0.15, 0.2) is 12.3 Å². The van der Waals surface area contributed by atoms with Crippen LogP contribution in [0.15, 0.2) is 0 Å². The van der Waals surface area contributed by atoms with Crippen LogP contribution in [-0.2, 0) is 28.6 Å². The summed E-state index contributed by atoms with van der Waals surface area (Å²) >= 11 is 0. The van der Waals surface area contributed by atoms with Gasteiger partial charge in [0.05, 0.1) is 12.4 Å². The molecule has 0 saturated carbocycles. The lowest BCUT2D eigenvalue weighted by atomic mass is 9.88. The molecule has 1 amide bonds. The van der Waals surface area contributed by atoms with Crippen LogP contribution in [0.2, 0.25) is 0 Å². The highest BCUT2D eigenvalue weighted by Crippen LogP contribution is 2.24. The lowest BCUT2D eigenvalue weighted by Gasteiger charge is -2.30. The monoisotopic (exact) mass is 418 g/mol. The van der Waals surface area contributed by atoms with Gasteiger partial charge in [-0.1, -0.05) is 13.8 Å². The van der Waals surface area contributed by atoms with Gasteiger partial charge < -0.3 is 15.2 Å². The lowest BCUT2D eigenvalue weighted by molar-refractivity contribution is -0.173. The first-order valence-electron chi connectivity index (χ1n) is 7.95. The molecular weight excluding hydrogens is 388 g/mol. The van der Waals surface area contributed by atoms with Crippen molar-refractivity contribution in [2.75, 3.05) is 33.0 Å². The molecule has 0 aromatic rings. The SMILES string of the molecule is CC(=O)NCCCS(=O)(=O)OCC(C)(C)[C@@H](O)C(=O)OC(C)N(C)C.Cl. The Balaban J connectivity index is 0. The van der Waals surface area contributed by atoms with Crippen molar-refractivity contribution in [2.24, 2.45) is 5.41 Å². The number of ether oxygens (including phenoxy) is 1. The number of carbonyl (C=O) groups excluding carboxylic acids is 2. The molecule has 0 aromatic carbocycles. The molecule has 0 rings (SSSR count). The average Bonchev–Trinajstić information content (AvgIpc) is 2.48. The predicted molar refractivity (Wildman–Crippen MR) is 99.3 cm³/mol. The van der Waals surface area contributed by atoms with Crippen molar-refractivity contribution in [2.45, 2.75) is 46.4 Å². The molecule has 2 atom stereocenters.